The summed E-state index contributed by atoms with van der Waals surface area (Å²) in [6.07, 6.45) is 2.57. The van der Waals surface area contributed by atoms with Gasteiger partial charge in [0.1, 0.15) is 11.3 Å². The van der Waals surface area contributed by atoms with Crippen molar-refractivity contribution in [2.75, 3.05) is 0 Å². The molecule has 5 aromatic rings. The Labute approximate surface area is 225 Å². The van der Waals surface area contributed by atoms with Crippen LogP contribution in [0.5, 0.6) is 0 Å². The van der Waals surface area contributed by atoms with Crippen LogP contribution in [0.2, 0.25) is 0 Å². The first kappa shape index (κ1) is 26.0. The number of rotatable bonds is 6. The summed E-state index contributed by atoms with van der Waals surface area (Å²) in [5, 5.41) is 13.4. The number of fused-ring (bicyclic) bond motifs is 1. The molecule has 39 heavy (non-hydrogen) atoms. The summed E-state index contributed by atoms with van der Waals surface area (Å²) in [4.78, 5) is 31.3. The molecule has 0 saturated heterocycles. The highest BCUT2D eigenvalue weighted by Crippen LogP contribution is 2.34. The second-order valence-electron chi connectivity index (χ2n) is 10.7. The maximum Gasteiger partial charge on any atom is 0.313 e. The molecule has 0 amide bonds. The highest BCUT2D eigenvalue weighted by atomic mass is 16.6. The summed E-state index contributed by atoms with van der Waals surface area (Å²) in [7, 11) is 0. The fourth-order valence-electron chi connectivity index (χ4n) is 4.06. The topological polar surface area (TPSA) is 113 Å². The molecule has 0 bridgehead atoms. The molecule has 1 atom stereocenters. The third-order valence-corrected chi connectivity index (χ3v) is 6.20. The number of hydrogen-bond donors (Lipinski definition) is 0. The molecule has 0 saturated carbocycles. The maximum atomic E-state index is 13.4. The van der Waals surface area contributed by atoms with Gasteiger partial charge in [-0.15, -0.1) is 15.0 Å². The zero-order valence-electron chi connectivity index (χ0n) is 22.5. The Bertz CT molecular complexity index is 1690. The second kappa shape index (κ2) is 10.2. The normalized spacial score (nSPS) is 12.6. The van der Waals surface area contributed by atoms with Gasteiger partial charge >= 0.3 is 5.97 Å². The molecular formula is C30H29N5O4. The predicted molar refractivity (Wildman–Crippen MR) is 147 cm³/mol. The molecule has 0 fully saturated rings. The zero-order chi connectivity index (χ0) is 27.7. The van der Waals surface area contributed by atoms with Crippen molar-refractivity contribution in [3.05, 3.63) is 83.3 Å². The van der Waals surface area contributed by atoms with Crippen molar-refractivity contribution in [3.63, 3.8) is 0 Å². The summed E-state index contributed by atoms with van der Waals surface area (Å²) in [5.41, 5.74) is 2.49. The van der Waals surface area contributed by atoms with E-state index in [0.717, 1.165) is 11.1 Å². The van der Waals surface area contributed by atoms with Crippen molar-refractivity contribution in [2.45, 2.75) is 40.8 Å². The SMILES string of the molecule is CC(C)C(OC(=O)C(C)(C)C)n1nnc(-c2cc(-c3ccccc3)c3oc(-c4ccncc4)cc(=O)c3c2)n1. The minimum atomic E-state index is -0.736. The first-order chi connectivity index (χ1) is 18.6. The molecular weight excluding hydrogens is 494 g/mol. The van der Waals surface area contributed by atoms with Gasteiger partial charge < -0.3 is 9.15 Å². The Morgan fingerprint density at radius 2 is 1.67 bits per heavy atom. The van der Waals surface area contributed by atoms with Gasteiger partial charge in [-0.3, -0.25) is 14.6 Å². The largest absolute Gasteiger partial charge is 0.455 e. The molecule has 0 radical (unpaired) electrons. The fourth-order valence-corrected chi connectivity index (χ4v) is 4.06. The van der Waals surface area contributed by atoms with E-state index in [0.29, 0.717) is 33.7 Å². The molecule has 0 spiro atoms. The Morgan fingerprint density at radius 3 is 2.33 bits per heavy atom. The van der Waals surface area contributed by atoms with Gasteiger partial charge in [0.25, 0.3) is 0 Å². The number of hydrogen-bond acceptors (Lipinski definition) is 8. The summed E-state index contributed by atoms with van der Waals surface area (Å²) in [6, 6.07) is 18.3. The minimum absolute atomic E-state index is 0.103. The molecule has 0 N–H and O–H groups in total. The van der Waals surface area contributed by atoms with Crippen LogP contribution in [0.3, 0.4) is 0 Å². The molecule has 0 aliphatic heterocycles. The van der Waals surface area contributed by atoms with Crippen LogP contribution < -0.4 is 5.43 Å². The molecule has 3 heterocycles. The quantitative estimate of drug-likeness (QED) is 0.252. The van der Waals surface area contributed by atoms with E-state index < -0.39 is 11.6 Å². The number of benzene rings is 2. The highest BCUT2D eigenvalue weighted by molar-refractivity contribution is 5.96. The van der Waals surface area contributed by atoms with E-state index in [4.69, 9.17) is 9.15 Å². The van der Waals surface area contributed by atoms with Gasteiger partial charge in [0.2, 0.25) is 12.1 Å². The average Bonchev–Trinajstić information content (AvgIpc) is 3.41. The highest BCUT2D eigenvalue weighted by Gasteiger charge is 2.30. The second-order valence-corrected chi connectivity index (χ2v) is 10.7. The summed E-state index contributed by atoms with van der Waals surface area (Å²) in [5.74, 6) is 0.279. The van der Waals surface area contributed by atoms with Crippen LogP contribution in [0.1, 0.15) is 40.8 Å². The van der Waals surface area contributed by atoms with Gasteiger partial charge in [-0.05, 0) is 55.8 Å². The van der Waals surface area contributed by atoms with Crippen LogP contribution >= 0.6 is 0 Å². The number of ether oxygens (including phenoxy) is 1. The van der Waals surface area contributed by atoms with E-state index in [2.05, 4.69) is 20.4 Å². The Balaban J connectivity index is 1.64. The van der Waals surface area contributed by atoms with Crippen molar-refractivity contribution >= 4 is 16.9 Å². The smallest absolute Gasteiger partial charge is 0.313 e. The lowest BCUT2D eigenvalue weighted by Crippen LogP contribution is -2.30. The lowest BCUT2D eigenvalue weighted by atomic mass is 9.97. The van der Waals surface area contributed by atoms with Crippen molar-refractivity contribution in [2.24, 2.45) is 11.3 Å². The summed E-state index contributed by atoms with van der Waals surface area (Å²) in [6.45, 7) is 9.20. The molecule has 1 unspecified atom stereocenters. The van der Waals surface area contributed by atoms with Crippen molar-refractivity contribution < 1.29 is 13.9 Å². The van der Waals surface area contributed by atoms with E-state index in [1.807, 2.05) is 50.2 Å². The van der Waals surface area contributed by atoms with E-state index in [9.17, 15) is 9.59 Å². The fraction of sp³-hybridized carbons (Fsp3) is 0.267. The van der Waals surface area contributed by atoms with E-state index in [1.165, 1.54) is 10.9 Å². The molecule has 2 aromatic carbocycles. The van der Waals surface area contributed by atoms with Gasteiger partial charge in [0.15, 0.2) is 5.43 Å². The van der Waals surface area contributed by atoms with Gasteiger partial charge in [-0.1, -0.05) is 44.2 Å². The Morgan fingerprint density at radius 1 is 0.949 bits per heavy atom. The monoisotopic (exact) mass is 523 g/mol. The van der Waals surface area contributed by atoms with Crippen LogP contribution in [0, 0.1) is 11.3 Å². The molecule has 9 nitrogen and oxygen atoms in total. The number of tetrazole rings is 1. The number of carbonyl (C=O) groups is 1. The van der Waals surface area contributed by atoms with Crippen LogP contribution in [-0.2, 0) is 9.53 Å². The van der Waals surface area contributed by atoms with Crippen LogP contribution in [-0.4, -0.2) is 31.2 Å². The number of aromatic nitrogens is 5. The predicted octanol–water partition coefficient (Wildman–Crippen LogP) is 5.92. The number of nitrogens with zero attached hydrogens (tertiary/aromatic N) is 5. The number of pyridine rings is 1. The van der Waals surface area contributed by atoms with Gasteiger partial charge in [0.05, 0.1) is 10.8 Å². The zero-order valence-corrected chi connectivity index (χ0v) is 22.5. The molecule has 3 aromatic heterocycles. The molecule has 198 valence electrons. The van der Waals surface area contributed by atoms with Crippen LogP contribution in [0.15, 0.2) is 82.3 Å². The molecule has 5 rings (SSSR count). The van der Waals surface area contributed by atoms with Gasteiger partial charge in [0, 0.05) is 41.1 Å². The summed E-state index contributed by atoms with van der Waals surface area (Å²) < 4.78 is 12.0. The third-order valence-electron chi connectivity index (χ3n) is 6.20. The van der Waals surface area contributed by atoms with E-state index in [-0.39, 0.29) is 17.3 Å². The molecule has 0 aliphatic rings. The lowest BCUT2D eigenvalue weighted by molar-refractivity contribution is -0.169. The molecule has 9 heteroatoms. The Hall–Kier alpha value is -4.66. The summed E-state index contributed by atoms with van der Waals surface area (Å²) >= 11 is 0. The minimum Gasteiger partial charge on any atom is -0.455 e. The Kier molecular flexibility index (Phi) is 6.82. The number of carbonyl (C=O) groups excluding carboxylic acids is 1. The standard InChI is InChI=1S/C30H29N5O4/c1-18(2)28(39-29(37)30(3,4)5)35-33-27(32-34-35)21-15-22(19-9-7-6-8-10-19)26-23(16-21)24(36)17-25(38-26)20-11-13-31-14-12-20/h6-18,28H,1-5H3. The lowest BCUT2D eigenvalue weighted by Gasteiger charge is -2.24. The van der Waals surface area contributed by atoms with Gasteiger partial charge in [-0.25, -0.2) is 0 Å². The average molecular weight is 524 g/mol. The van der Waals surface area contributed by atoms with Crippen molar-refractivity contribution in [1.82, 2.24) is 25.2 Å². The first-order valence-corrected chi connectivity index (χ1v) is 12.7. The van der Waals surface area contributed by atoms with Crippen molar-refractivity contribution in [1.29, 1.82) is 0 Å². The van der Waals surface area contributed by atoms with Crippen LogP contribution in [0.4, 0.5) is 0 Å². The maximum absolute atomic E-state index is 13.4. The van der Waals surface area contributed by atoms with E-state index in [1.54, 1.807) is 51.4 Å². The van der Waals surface area contributed by atoms with E-state index >= 15 is 0 Å². The van der Waals surface area contributed by atoms with Crippen molar-refractivity contribution in [3.8, 4) is 33.8 Å². The molecule has 0 aliphatic carbocycles. The third kappa shape index (κ3) is 5.34. The first-order valence-electron chi connectivity index (χ1n) is 12.7. The van der Waals surface area contributed by atoms with Crippen LogP contribution in [0.25, 0.3) is 44.8 Å². The van der Waals surface area contributed by atoms with Gasteiger partial charge in [-0.2, -0.15) is 0 Å². The number of esters is 1.